The van der Waals surface area contributed by atoms with Crippen molar-refractivity contribution in [2.75, 3.05) is 40.9 Å². The van der Waals surface area contributed by atoms with Crippen molar-refractivity contribution in [3.63, 3.8) is 0 Å². The van der Waals surface area contributed by atoms with Crippen LogP contribution in [-0.2, 0) is 0 Å². The lowest BCUT2D eigenvalue weighted by molar-refractivity contribution is 0.0796. The lowest BCUT2D eigenvalue weighted by atomic mass is 10.1. The van der Waals surface area contributed by atoms with E-state index < -0.39 is 0 Å². The number of hydrogen-bond acceptors (Lipinski definition) is 4. The van der Waals surface area contributed by atoms with Crippen LogP contribution in [0.2, 0.25) is 0 Å². The molecule has 0 spiro atoms. The van der Waals surface area contributed by atoms with E-state index in [1.165, 1.54) is 0 Å². The van der Waals surface area contributed by atoms with Crippen molar-refractivity contribution >= 4 is 34.2 Å². The molecule has 0 fully saturated rings. The van der Waals surface area contributed by atoms with Crippen LogP contribution in [0.25, 0.3) is 0 Å². The van der Waals surface area contributed by atoms with Gasteiger partial charge in [0.05, 0.1) is 18.2 Å². The molecule has 0 saturated heterocycles. The summed E-state index contributed by atoms with van der Waals surface area (Å²) in [7, 11) is 5.19. The molecule has 7 heteroatoms. The Labute approximate surface area is 140 Å². The van der Waals surface area contributed by atoms with E-state index in [-0.39, 0.29) is 18.3 Å². The summed E-state index contributed by atoms with van der Waals surface area (Å²) >= 11 is 3.42. The number of halogens is 2. The average Bonchev–Trinajstić information content (AvgIpc) is 2.45. The van der Waals surface area contributed by atoms with E-state index in [1.54, 1.807) is 31.2 Å². The van der Waals surface area contributed by atoms with Crippen LogP contribution in [0.4, 0.5) is 0 Å². The van der Waals surface area contributed by atoms with Gasteiger partial charge in [-0.25, -0.2) is 0 Å². The molecule has 0 heterocycles. The first-order chi connectivity index (χ1) is 9.54. The van der Waals surface area contributed by atoms with Crippen molar-refractivity contribution in [1.29, 1.82) is 0 Å². The fourth-order valence-corrected chi connectivity index (χ4v) is 2.29. The number of carbonyl (C=O) groups excluding carboxylic acids is 1. The van der Waals surface area contributed by atoms with Gasteiger partial charge in [0.1, 0.15) is 0 Å². The highest BCUT2D eigenvalue weighted by atomic mass is 79.9. The molecule has 0 aromatic heterocycles. The summed E-state index contributed by atoms with van der Waals surface area (Å²) in [6.07, 6.45) is 0. The number of carbonyl (C=O) groups is 1. The van der Waals surface area contributed by atoms with Crippen molar-refractivity contribution in [2.45, 2.75) is 6.92 Å². The quantitative estimate of drug-likeness (QED) is 0.789. The molecule has 21 heavy (non-hydrogen) atoms. The summed E-state index contributed by atoms with van der Waals surface area (Å²) < 4.78 is 11.5. The van der Waals surface area contributed by atoms with E-state index in [0.29, 0.717) is 34.7 Å². The minimum absolute atomic E-state index is 0. The molecule has 0 radical (unpaired) electrons. The molecule has 1 rings (SSSR count). The first-order valence-electron chi connectivity index (χ1n) is 6.45. The Kier molecular flexibility index (Phi) is 9.41. The predicted molar refractivity (Wildman–Crippen MR) is 90.0 cm³/mol. The van der Waals surface area contributed by atoms with Crippen LogP contribution in [-0.4, -0.2) is 51.7 Å². The predicted octanol–water partition coefficient (Wildman–Crippen LogP) is 2.57. The van der Waals surface area contributed by atoms with E-state index in [0.717, 1.165) is 6.54 Å². The van der Waals surface area contributed by atoms with Crippen molar-refractivity contribution in [3.05, 3.63) is 22.2 Å². The Morgan fingerprint density at radius 3 is 2.62 bits per heavy atom. The smallest absolute Gasteiger partial charge is 0.253 e. The maximum absolute atomic E-state index is 12.3. The fraction of sp³-hybridized carbons (Fsp3) is 0.500. The maximum atomic E-state index is 12.3. The Morgan fingerprint density at radius 1 is 1.43 bits per heavy atom. The largest absolute Gasteiger partial charge is 0.493 e. The van der Waals surface area contributed by atoms with Crippen molar-refractivity contribution in [1.82, 2.24) is 10.2 Å². The Balaban J connectivity index is 0.00000400. The van der Waals surface area contributed by atoms with Gasteiger partial charge >= 0.3 is 0 Å². The van der Waals surface area contributed by atoms with Gasteiger partial charge in [-0.15, -0.1) is 12.4 Å². The number of hydrogen-bond donors (Lipinski definition) is 1. The van der Waals surface area contributed by atoms with Crippen LogP contribution in [0.15, 0.2) is 16.6 Å². The maximum Gasteiger partial charge on any atom is 0.253 e. The van der Waals surface area contributed by atoms with Gasteiger partial charge in [0.2, 0.25) is 0 Å². The molecule has 5 nitrogen and oxygen atoms in total. The molecular formula is C14H22BrClN2O3. The van der Waals surface area contributed by atoms with Crippen LogP contribution in [0, 0.1) is 0 Å². The number of methoxy groups -OCH3 is 1. The number of benzene rings is 1. The summed E-state index contributed by atoms with van der Waals surface area (Å²) in [6.45, 7) is 3.82. The van der Waals surface area contributed by atoms with Gasteiger partial charge in [-0.1, -0.05) is 0 Å². The lowest BCUT2D eigenvalue weighted by Gasteiger charge is -2.18. The molecule has 0 aliphatic rings. The zero-order chi connectivity index (χ0) is 15.1. The van der Waals surface area contributed by atoms with Crippen LogP contribution < -0.4 is 14.8 Å². The zero-order valence-corrected chi connectivity index (χ0v) is 15.1. The molecule has 0 bridgehead atoms. The molecule has 1 aromatic carbocycles. The molecule has 0 atom stereocenters. The number of rotatable bonds is 7. The van der Waals surface area contributed by atoms with Crippen molar-refractivity contribution < 1.29 is 14.3 Å². The van der Waals surface area contributed by atoms with Gasteiger partial charge in [-0.3, -0.25) is 4.79 Å². The number of nitrogens with one attached hydrogen (secondary N) is 1. The summed E-state index contributed by atoms with van der Waals surface area (Å²) in [5.74, 6) is 1.11. The van der Waals surface area contributed by atoms with Gasteiger partial charge in [0.25, 0.3) is 5.91 Å². The average molecular weight is 382 g/mol. The highest BCUT2D eigenvalue weighted by Crippen LogP contribution is 2.36. The van der Waals surface area contributed by atoms with E-state index in [2.05, 4.69) is 21.2 Å². The number of nitrogens with zero attached hydrogens (tertiary/aromatic N) is 1. The molecule has 1 N–H and O–H groups in total. The van der Waals surface area contributed by atoms with Crippen molar-refractivity contribution in [3.8, 4) is 11.5 Å². The second-order valence-electron chi connectivity index (χ2n) is 4.25. The molecule has 0 saturated carbocycles. The Morgan fingerprint density at radius 2 is 2.10 bits per heavy atom. The zero-order valence-electron chi connectivity index (χ0n) is 12.7. The molecule has 1 amide bonds. The second kappa shape index (κ2) is 9.87. The minimum Gasteiger partial charge on any atom is -0.493 e. The molecule has 0 unspecified atom stereocenters. The Bertz CT molecular complexity index is 472. The normalized spacial score (nSPS) is 9.76. The second-order valence-corrected chi connectivity index (χ2v) is 5.11. The third-order valence-corrected chi connectivity index (χ3v) is 3.40. The topological polar surface area (TPSA) is 50.8 Å². The highest BCUT2D eigenvalue weighted by molar-refractivity contribution is 9.10. The minimum atomic E-state index is -0.0534. The standard InChI is InChI=1S/C14H21BrN2O3.ClH/c1-5-20-13-11(15)8-10(9-12(13)19-4)14(18)17(3)7-6-16-2;/h8-9,16H,5-7H2,1-4H3;1H. The van der Waals surface area contributed by atoms with E-state index in [4.69, 9.17) is 9.47 Å². The Hall–Kier alpha value is -0.980. The molecule has 120 valence electrons. The third-order valence-electron chi connectivity index (χ3n) is 2.81. The molecule has 0 aliphatic carbocycles. The third kappa shape index (κ3) is 5.37. The summed E-state index contributed by atoms with van der Waals surface area (Å²) in [6, 6.07) is 3.46. The number of amides is 1. The van der Waals surface area contributed by atoms with Gasteiger partial charge < -0.3 is 19.7 Å². The van der Waals surface area contributed by atoms with Crippen molar-refractivity contribution in [2.24, 2.45) is 0 Å². The van der Waals surface area contributed by atoms with E-state index >= 15 is 0 Å². The summed E-state index contributed by atoms with van der Waals surface area (Å²) in [4.78, 5) is 14.0. The highest BCUT2D eigenvalue weighted by Gasteiger charge is 2.17. The van der Waals surface area contributed by atoms with Crippen LogP contribution in [0.3, 0.4) is 0 Å². The summed E-state index contributed by atoms with van der Waals surface area (Å²) in [5.41, 5.74) is 0.566. The van der Waals surface area contributed by atoms with Gasteiger partial charge in [0, 0.05) is 25.7 Å². The first kappa shape index (κ1) is 20.0. The fourth-order valence-electron chi connectivity index (χ4n) is 1.73. The van der Waals surface area contributed by atoms with Crippen LogP contribution in [0.5, 0.6) is 11.5 Å². The van der Waals surface area contributed by atoms with Gasteiger partial charge in [0.15, 0.2) is 11.5 Å². The SMILES string of the molecule is CCOc1c(Br)cc(C(=O)N(C)CCNC)cc1OC.Cl. The number of likely N-dealkylation sites (N-methyl/N-ethyl adjacent to an activating group) is 2. The molecule has 1 aromatic rings. The van der Waals surface area contributed by atoms with Crippen LogP contribution >= 0.6 is 28.3 Å². The monoisotopic (exact) mass is 380 g/mol. The lowest BCUT2D eigenvalue weighted by Crippen LogP contribution is -2.32. The molecular weight excluding hydrogens is 360 g/mol. The van der Waals surface area contributed by atoms with E-state index in [1.807, 2.05) is 14.0 Å². The first-order valence-corrected chi connectivity index (χ1v) is 7.24. The summed E-state index contributed by atoms with van der Waals surface area (Å²) in [5, 5.41) is 3.02. The molecule has 0 aliphatic heterocycles. The van der Waals surface area contributed by atoms with Crippen LogP contribution in [0.1, 0.15) is 17.3 Å². The van der Waals surface area contributed by atoms with Gasteiger partial charge in [-0.05, 0) is 42.0 Å². The van der Waals surface area contributed by atoms with E-state index in [9.17, 15) is 4.79 Å². The van der Waals surface area contributed by atoms with Gasteiger partial charge in [-0.2, -0.15) is 0 Å². The number of ether oxygens (including phenoxy) is 2.